The van der Waals surface area contributed by atoms with Crippen LogP contribution in [0.25, 0.3) is 0 Å². The second-order valence-corrected chi connectivity index (χ2v) is 5.57. The third-order valence-corrected chi connectivity index (χ3v) is 3.42. The number of benzene rings is 1. The molecule has 0 radical (unpaired) electrons. The van der Waals surface area contributed by atoms with Crippen molar-refractivity contribution in [2.24, 2.45) is 0 Å². The maximum absolute atomic E-state index is 12.7. The van der Waals surface area contributed by atoms with Crippen molar-refractivity contribution in [2.45, 2.75) is 19.8 Å². The lowest BCUT2D eigenvalue weighted by atomic mass is 10.3. The molecule has 0 aliphatic carbocycles. The highest BCUT2D eigenvalue weighted by Crippen LogP contribution is 2.18. The van der Waals surface area contributed by atoms with Crippen LogP contribution >= 0.6 is 0 Å². The third-order valence-electron chi connectivity index (χ3n) is 2.23. The van der Waals surface area contributed by atoms with Gasteiger partial charge in [0.2, 0.25) is 10.0 Å². The molecule has 0 aliphatic rings. The van der Waals surface area contributed by atoms with Crippen LogP contribution in [0.15, 0.2) is 24.3 Å². The standard InChI is InChI=1S/C11H16FNO2S/c1-3-4-9-13(16(2,14)15)11-7-5-10(12)6-8-11/h5-8H,3-4,9H2,1-2H3. The number of hydrogen-bond acceptors (Lipinski definition) is 2. The number of anilines is 1. The molecule has 0 saturated heterocycles. The topological polar surface area (TPSA) is 37.4 Å². The minimum atomic E-state index is -3.29. The van der Waals surface area contributed by atoms with Crippen molar-refractivity contribution in [3.05, 3.63) is 30.1 Å². The number of hydrogen-bond donors (Lipinski definition) is 0. The Kier molecular flexibility index (Phi) is 4.29. The zero-order chi connectivity index (χ0) is 12.2. The van der Waals surface area contributed by atoms with E-state index in [2.05, 4.69) is 0 Å². The Morgan fingerprint density at radius 2 is 1.81 bits per heavy atom. The first-order valence-electron chi connectivity index (χ1n) is 5.18. The summed E-state index contributed by atoms with van der Waals surface area (Å²) in [5, 5.41) is 0. The molecule has 0 spiro atoms. The van der Waals surface area contributed by atoms with Crippen LogP contribution in [0, 0.1) is 5.82 Å². The van der Waals surface area contributed by atoms with Crippen LogP contribution in [-0.2, 0) is 10.0 Å². The summed E-state index contributed by atoms with van der Waals surface area (Å²) in [5.41, 5.74) is 0.511. The predicted molar refractivity (Wildman–Crippen MR) is 63.5 cm³/mol. The fourth-order valence-electron chi connectivity index (χ4n) is 1.40. The molecule has 0 atom stereocenters. The fraction of sp³-hybridized carbons (Fsp3) is 0.455. The van der Waals surface area contributed by atoms with Gasteiger partial charge in [0.15, 0.2) is 0 Å². The lowest BCUT2D eigenvalue weighted by molar-refractivity contribution is 0.594. The molecule has 90 valence electrons. The highest BCUT2D eigenvalue weighted by Gasteiger charge is 2.16. The second kappa shape index (κ2) is 5.30. The molecule has 1 aromatic carbocycles. The van der Waals surface area contributed by atoms with E-state index >= 15 is 0 Å². The predicted octanol–water partition coefficient (Wildman–Crippen LogP) is 2.39. The van der Waals surface area contributed by atoms with Crippen LogP contribution in [0.2, 0.25) is 0 Å². The van der Waals surface area contributed by atoms with Crippen LogP contribution in [0.1, 0.15) is 19.8 Å². The molecule has 0 aromatic heterocycles. The van der Waals surface area contributed by atoms with Crippen LogP contribution in [0.5, 0.6) is 0 Å². The van der Waals surface area contributed by atoms with Gasteiger partial charge in [-0.25, -0.2) is 12.8 Å². The molecule has 16 heavy (non-hydrogen) atoms. The van der Waals surface area contributed by atoms with Crippen LogP contribution in [0.4, 0.5) is 10.1 Å². The van der Waals surface area contributed by atoms with Gasteiger partial charge in [-0.05, 0) is 30.7 Å². The molecule has 0 N–H and O–H groups in total. The molecule has 0 aliphatic heterocycles. The normalized spacial score (nSPS) is 11.4. The van der Waals surface area contributed by atoms with Gasteiger partial charge in [-0.15, -0.1) is 0 Å². The summed E-state index contributed by atoms with van der Waals surface area (Å²) in [4.78, 5) is 0. The number of sulfonamides is 1. The van der Waals surface area contributed by atoms with Crippen molar-refractivity contribution in [1.29, 1.82) is 0 Å². The number of unbranched alkanes of at least 4 members (excludes halogenated alkanes) is 1. The van der Waals surface area contributed by atoms with Crippen LogP contribution < -0.4 is 4.31 Å². The number of nitrogens with zero attached hydrogens (tertiary/aromatic N) is 1. The van der Waals surface area contributed by atoms with Crippen molar-refractivity contribution in [2.75, 3.05) is 17.1 Å². The Balaban J connectivity index is 2.97. The van der Waals surface area contributed by atoms with Gasteiger partial charge in [0.05, 0.1) is 11.9 Å². The van der Waals surface area contributed by atoms with Gasteiger partial charge >= 0.3 is 0 Å². The number of halogens is 1. The summed E-state index contributed by atoms with van der Waals surface area (Å²) in [7, 11) is -3.29. The summed E-state index contributed by atoms with van der Waals surface area (Å²) in [6, 6.07) is 5.48. The zero-order valence-corrected chi connectivity index (χ0v) is 10.3. The molecule has 0 bridgehead atoms. The Morgan fingerprint density at radius 1 is 1.25 bits per heavy atom. The van der Waals surface area contributed by atoms with E-state index in [1.807, 2.05) is 6.92 Å². The van der Waals surface area contributed by atoms with E-state index < -0.39 is 10.0 Å². The SMILES string of the molecule is CCCCN(c1ccc(F)cc1)S(C)(=O)=O. The van der Waals surface area contributed by atoms with Gasteiger partial charge in [-0.1, -0.05) is 13.3 Å². The average Bonchev–Trinajstić information content (AvgIpc) is 2.19. The van der Waals surface area contributed by atoms with E-state index in [-0.39, 0.29) is 5.82 Å². The zero-order valence-electron chi connectivity index (χ0n) is 9.48. The van der Waals surface area contributed by atoms with Gasteiger partial charge in [0.1, 0.15) is 5.82 Å². The monoisotopic (exact) mass is 245 g/mol. The van der Waals surface area contributed by atoms with Crippen molar-refractivity contribution in [1.82, 2.24) is 0 Å². The van der Waals surface area contributed by atoms with E-state index in [1.54, 1.807) is 0 Å². The molecular formula is C11H16FNO2S. The molecule has 3 nitrogen and oxygen atoms in total. The summed E-state index contributed by atoms with van der Waals surface area (Å²) in [6.45, 7) is 2.42. The van der Waals surface area contributed by atoms with E-state index in [0.717, 1.165) is 19.1 Å². The largest absolute Gasteiger partial charge is 0.270 e. The Morgan fingerprint density at radius 3 is 2.25 bits per heavy atom. The summed E-state index contributed by atoms with van der Waals surface area (Å²) in [5.74, 6) is -0.368. The minimum Gasteiger partial charge on any atom is -0.270 e. The first kappa shape index (κ1) is 13.0. The first-order valence-corrected chi connectivity index (χ1v) is 7.03. The number of rotatable bonds is 5. The van der Waals surface area contributed by atoms with Crippen molar-refractivity contribution < 1.29 is 12.8 Å². The van der Waals surface area contributed by atoms with Crippen molar-refractivity contribution in [3.63, 3.8) is 0 Å². The summed E-state index contributed by atoms with van der Waals surface area (Å²) < 4.78 is 37.1. The molecule has 0 saturated carbocycles. The Hall–Kier alpha value is -1.10. The van der Waals surface area contributed by atoms with Crippen molar-refractivity contribution >= 4 is 15.7 Å². The van der Waals surface area contributed by atoms with Crippen LogP contribution in [-0.4, -0.2) is 21.2 Å². The summed E-state index contributed by atoms with van der Waals surface area (Å²) in [6.07, 6.45) is 2.85. The molecule has 1 aromatic rings. The third kappa shape index (κ3) is 3.48. The summed E-state index contributed by atoms with van der Waals surface area (Å²) >= 11 is 0. The quantitative estimate of drug-likeness (QED) is 0.798. The van der Waals surface area contributed by atoms with Gasteiger partial charge in [-0.2, -0.15) is 0 Å². The van der Waals surface area contributed by atoms with Gasteiger partial charge < -0.3 is 0 Å². The molecule has 5 heteroatoms. The van der Waals surface area contributed by atoms with Crippen LogP contribution in [0.3, 0.4) is 0 Å². The highest BCUT2D eigenvalue weighted by atomic mass is 32.2. The highest BCUT2D eigenvalue weighted by molar-refractivity contribution is 7.92. The van der Waals surface area contributed by atoms with Crippen molar-refractivity contribution in [3.8, 4) is 0 Å². The maximum Gasteiger partial charge on any atom is 0.232 e. The van der Waals surface area contributed by atoms with E-state index in [1.165, 1.54) is 28.6 Å². The maximum atomic E-state index is 12.7. The van der Waals surface area contributed by atoms with Gasteiger partial charge in [0, 0.05) is 6.54 Å². The van der Waals surface area contributed by atoms with E-state index in [0.29, 0.717) is 12.2 Å². The van der Waals surface area contributed by atoms with Gasteiger partial charge in [0.25, 0.3) is 0 Å². The molecule has 0 heterocycles. The smallest absolute Gasteiger partial charge is 0.232 e. The first-order chi connectivity index (χ1) is 7.45. The molecular weight excluding hydrogens is 229 g/mol. The van der Waals surface area contributed by atoms with Gasteiger partial charge in [-0.3, -0.25) is 4.31 Å². The van der Waals surface area contributed by atoms with E-state index in [4.69, 9.17) is 0 Å². The Bertz CT molecular complexity index is 428. The molecule has 0 unspecified atom stereocenters. The van der Waals surface area contributed by atoms with E-state index in [9.17, 15) is 12.8 Å². The molecule has 0 fully saturated rings. The average molecular weight is 245 g/mol. The second-order valence-electron chi connectivity index (χ2n) is 3.67. The Labute approximate surface area is 95.9 Å². The lowest BCUT2D eigenvalue weighted by Crippen LogP contribution is -2.30. The minimum absolute atomic E-state index is 0.368. The fourth-order valence-corrected chi connectivity index (χ4v) is 2.36. The lowest BCUT2D eigenvalue weighted by Gasteiger charge is -2.22. The molecule has 1 rings (SSSR count). The molecule has 0 amide bonds.